The number of hydrogen-bond acceptors (Lipinski definition) is 7. The van der Waals surface area contributed by atoms with Gasteiger partial charge < -0.3 is 25.2 Å². The Morgan fingerprint density at radius 3 is 2.18 bits per heavy atom. The zero-order valence-electron chi connectivity index (χ0n) is 25.4. The van der Waals surface area contributed by atoms with Crippen LogP contribution >= 0.6 is 0 Å². The summed E-state index contributed by atoms with van der Waals surface area (Å²) in [6.07, 6.45) is -7.66. The fraction of sp³-hybridized carbons (Fsp3) is 0.517. The van der Waals surface area contributed by atoms with Crippen LogP contribution in [0.4, 0.5) is 37.0 Å². The molecule has 45 heavy (non-hydrogen) atoms. The number of ketones is 1. The van der Waals surface area contributed by atoms with Gasteiger partial charge in [-0.05, 0) is 24.6 Å². The number of unbranched alkanes of at least 4 members (excludes halogenated alkanes) is 1. The van der Waals surface area contributed by atoms with E-state index in [0.29, 0.717) is 25.0 Å². The third kappa shape index (κ3) is 9.62. The minimum Gasteiger partial charge on any atom is -0.444 e. The van der Waals surface area contributed by atoms with Gasteiger partial charge in [0.2, 0.25) is 5.78 Å². The van der Waals surface area contributed by atoms with Crippen molar-refractivity contribution in [2.24, 2.45) is 5.41 Å². The van der Waals surface area contributed by atoms with Crippen molar-refractivity contribution in [1.82, 2.24) is 25.3 Å². The topological polar surface area (TPSA) is 120 Å². The number of hydrogen-bond donors (Lipinski definition) is 3. The van der Waals surface area contributed by atoms with Crippen molar-refractivity contribution in [3.63, 3.8) is 0 Å². The zero-order chi connectivity index (χ0) is 33.7. The van der Waals surface area contributed by atoms with Crippen molar-refractivity contribution in [3.8, 4) is 0 Å². The lowest BCUT2D eigenvalue weighted by Crippen LogP contribution is -2.49. The summed E-state index contributed by atoms with van der Waals surface area (Å²) in [7, 11) is 1.51. The highest BCUT2D eigenvalue weighted by Gasteiger charge is 2.39. The number of carbonyl (C=O) groups excluding carboxylic acids is 3. The Kier molecular flexibility index (Phi) is 10.8. The van der Waals surface area contributed by atoms with Crippen LogP contribution in [0, 0.1) is 5.41 Å². The standard InChI is InChI=1S/C29H36F6N6O4/c1-6-7-8-20(24(42)25(43)38-23-9-10-36-39-23)37-26(44)45-22(27(2,3)4)15-41-14-21(40(5)16-41)17-11-18(28(30,31)32)13-19(12-17)29(33,34)35/h9-14,20,22H,6-8,15-16H2,1-5H3,(H,37,44)(H2,36,38,39,43)/t20-,22+/m0/s1. The van der Waals surface area contributed by atoms with Crippen molar-refractivity contribution >= 4 is 29.3 Å². The van der Waals surface area contributed by atoms with E-state index >= 15 is 0 Å². The maximum atomic E-state index is 13.4. The van der Waals surface area contributed by atoms with Gasteiger partial charge in [-0.2, -0.15) is 31.4 Å². The van der Waals surface area contributed by atoms with Crippen LogP contribution in [0.25, 0.3) is 5.70 Å². The molecule has 3 N–H and O–H groups in total. The second-order valence-corrected chi connectivity index (χ2v) is 11.8. The highest BCUT2D eigenvalue weighted by molar-refractivity contribution is 6.42. The Morgan fingerprint density at radius 1 is 1.04 bits per heavy atom. The summed E-state index contributed by atoms with van der Waals surface area (Å²) < 4.78 is 86.4. The number of amides is 2. The smallest absolute Gasteiger partial charge is 0.416 e. The first kappa shape index (κ1) is 35.2. The first-order valence-corrected chi connectivity index (χ1v) is 14.1. The first-order chi connectivity index (χ1) is 20.8. The SMILES string of the molecule is CCCC[C@H](NC(=O)O[C@H](CN1C=C(c2cc(C(F)(F)F)cc(C(F)(F)F)c2)N(C)C1)C(C)(C)C)C(=O)C(=O)Nc1ccn[nH]1. The third-order valence-corrected chi connectivity index (χ3v) is 7.04. The van der Waals surface area contributed by atoms with E-state index in [4.69, 9.17) is 4.74 Å². The summed E-state index contributed by atoms with van der Waals surface area (Å²) in [5, 5.41) is 11.0. The molecule has 0 unspecified atom stereocenters. The van der Waals surface area contributed by atoms with Crippen molar-refractivity contribution in [2.45, 2.75) is 71.5 Å². The quantitative estimate of drug-likeness (QED) is 0.207. The van der Waals surface area contributed by atoms with Gasteiger partial charge >= 0.3 is 18.4 Å². The van der Waals surface area contributed by atoms with Crippen molar-refractivity contribution in [3.05, 3.63) is 53.4 Å². The van der Waals surface area contributed by atoms with Gasteiger partial charge in [-0.25, -0.2) is 4.79 Å². The number of benzene rings is 1. The fourth-order valence-electron chi connectivity index (χ4n) is 4.52. The van der Waals surface area contributed by atoms with E-state index in [0.717, 1.165) is 0 Å². The molecule has 0 aliphatic carbocycles. The molecule has 3 rings (SSSR count). The average molecular weight is 647 g/mol. The van der Waals surface area contributed by atoms with Crippen LogP contribution in [-0.2, 0) is 26.7 Å². The van der Waals surface area contributed by atoms with Gasteiger partial charge in [-0.15, -0.1) is 0 Å². The third-order valence-electron chi connectivity index (χ3n) is 7.04. The van der Waals surface area contributed by atoms with Gasteiger partial charge in [-0.1, -0.05) is 40.5 Å². The molecule has 2 atom stereocenters. The molecule has 248 valence electrons. The Balaban J connectivity index is 1.78. The average Bonchev–Trinajstić information content (AvgIpc) is 3.57. The first-order valence-electron chi connectivity index (χ1n) is 14.1. The molecule has 0 saturated carbocycles. The van der Waals surface area contributed by atoms with E-state index in [-0.39, 0.29) is 42.8 Å². The summed E-state index contributed by atoms with van der Waals surface area (Å²) in [4.78, 5) is 41.5. The molecule has 2 heterocycles. The molecule has 10 nitrogen and oxygen atoms in total. The highest BCUT2D eigenvalue weighted by atomic mass is 19.4. The van der Waals surface area contributed by atoms with Gasteiger partial charge in [0.15, 0.2) is 0 Å². The number of aromatic amines is 1. The fourth-order valence-corrected chi connectivity index (χ4v) is 4.52. The van der Waals surface area contributed by atoms with Crippen molar-refractivity contribution in [2.75, 3.05) is 25.6 Å². The van der Waals surface area contributed by atoms with Gasteiger partial charge in [0, 0.05) is 30.3 Å². The molecular weight excluding hydrogens is 610 g/mol. The number of anilines is 1. The van der Waals surface area contributed by atoms with Gasteiger partial charge in [0.05, 0.1) is 36.2 Å². The van der Waals surface area contributed by atoms with E-state index in [9.17, 15) is 40.7 Å². The number of alkyl halides is 6. The van der Waals surface area contributed by atoms with Crippen LogP contribution < -0.4 is 10.6 Å². The second kappa shape index (κ2) is 13.8. The highest BCUT2D eigenvalue weighted by Crippen LogP contribution is 2.39. The lowest BCUT2D eigenvalue weighted by molar-refractivity contribution is -0.143. The largest absolute Gasteiger partial charge is 0.444 e. The second-order valence-electron chi connectivity index (χ2n) is 11.8. The van der Waals surface area contributed by atoms with Gasteiger partial charge in [0.25, 0.3) is 5.91 Å². The molecule has 2 aromatic rings. The molecule has 0 radical (unpaired) electrons. The van der Waals surface area contributed by atoms with Crippen LogP contribution in [0.3, 0.4) is 0 Å². The lowest BCUT2D eigenvalue weighted by atomic mass is 9.88. The maximum absolute atomic E-state index is 13.4. The molecule has 0 spiro atoms. The number of rotatable bonds is 11. The van der Waals surface area contributed by atoms with E-state index in [1.807, 2.05) is 6.92 Å². The summed E-state index contributed by atoms with van der Waals surface area (Å²) in [6, 6.07) is 1.64. The summed E-state index contributed by atoms with van der Waals surface area (Å²) in [5.41, 5.74) is -3.72. The van der Waals surface area contributed by atoms with Crippen LogP contribution in [-0.4, -0.2) is 70.2 Å². The maximum Gasteiger partial charge on any atom is 0.416 e. The molecule has 0 saturated heterocycles. The number of carbonyl (C=O) groups is 3. The van der Waals surface area contributed by atoms with Gasteiger partial charge in [0.1, 0.15) is 18.0 Å². The lowest BCUT2D eigenvalue weighted by Gasteiger charge is -2.34. The molecule has 1 aromatic carbocycles. The van der Waals surface area contributed by atoms with Crippen LogP contribution in [0.2, 0.25) is 0 Å². The minimum atomic E-state index is -5.00. The van der Waals surface area contributed by atoms with Crippen molar-refractivity contribution < 1.29 is 45.5 Å². The normalized spacial score (nSPS) is 15.4. The molecular formula is C29H36F6N6O4. The number of nitrogens with zero attached hydrogens (tertiary/aromatic N) is 3. The monoisotopic (exact) mass is 646 g/mol. The number of H-pyrrole nitrogens is 1. The van der Waals surface area contributed by atoms with Crippen LogP contribution in [0.15, 0.2) is 36.7 Å². The minimum absolute atomic E-state index is 0.0176. The molecule has 0 bridgehead atoms. The molecule has 1 aliphatic rings. The Bertz CT molecular complexity index is 1350. The number of aromatic nitrogens is 2. The summed E-state index contributed by atoms with van der Waals surface area (Å²) in [6.45, 7) is 7.29. The molecule has 16 heteroatoms. The van der Waals surface area contributed by atoms with Gasteiger partial charge in [-0.3, -0.25) is 14.7 Å². The number of alkyl carbamates (subject to hydrolysis) is 1. The Labute approximate surface area is 256 Å². The molecule has 2 amide bonds. The number of ether oxygens (including phenoxy) is 1. The van der Waals surface area contributed by atoms with E-state index in [2.05, 4.69) is 20.8 Å². The molecule has 0 fully saturated rings. The molecule has 1 aliphatic heterocycles. The summed E-state index contributed by atoms with van der Waals surface area (Å²) in [5.74, 6) is -1.66. The molecule has 1 aromatic heterocycles. The Hall–Kier alpha value is -4.24. The summed E-state index contributed by atoms with van der Waals surface area (Å²) >= 11 is 0. The van der Waals surface area contributed by atoms with Crippen LogP contribution in [0.5, 0.6) is 0 Å². The zero-order valence-corrected chi connectivity index (χ0v) is 25.4. The predicted octanol–water partition coefficient (Wildman–Crippen LogP) is 5.86. The predicted molar refractivity (Wildman–Crippen MR) is 152 cm³/mol. The number of Topliss-reactive ketones (excluding diaryl/α,β-unsaturated/α-hetero) is 1. The van der Waals surface area contributed by atoms with Crippen LogP contribution in [0.1, 0.15) is 63.6 Å². The Morgan fingerprint density at radius 2 is 1.67 bits per heavy atom. The number of nitrogens with one attached hydrogen (secondary N) is 3. The van der Waals surface area contributed by atoms with E-state index < -0.39 is 58.8 Å². The van der Waals surface area contributed by atoms with E-state index in [1.54, 1.807) is 25.7 Å². The van der Waals surface area contributed by atoms with E-state index in [1.165, 1.54) is 30.4 Å². The van der Waals surface area contributed by atoms with Crippen molar-refractivity contribution in [1.29, 1.82) is 0 Å². The number of halogens is 6.